The molecule has 1 aromatic carbocycles. The molecule has 1 aliphatic rings. The van der Waals surface area contributed by atoms with Gasteiger partial charge in [0.2, 0.25) is 5.91 Å². The van der Waals surface area contributed by atoms with E-state index in [2.05, 4.69) is 10.6 Å². The Hall–Kier alpha value is -2.78. The van der Waals surface area contributed by atoms with Crippen molar-refractivity contribution in [3.8, 4) is 0 Å². The highest BCUT2D eigenvalue weighted by molar-refractivity contribution is 5.98. The van der Waals surface area contributed by atoms with Crippen molar-refractivity contribution in [3.05, 3.63) is 35.9 Å². The number of carbonyl (C=O) groups excluding carboxylic acids is 3. The van der Waals surface area contributed by atoms with Crippen LogP contribution in [-0.2, 0) is 14.4 Å². The summed E-state index contributed by atoms with van der Waals surface area (Å²) in [6.07, 6.45) is 2.94. The highest BCUT2D eigenvalue weighted by atomic mass is 16.4. The largest absolute Gasteiger partial charge is 0.480 e. The van der Waals surface area contributed by atoms with Crippen LogP contribution in [0.5, 0.6) is 0 Å². The number of carboxylic acid groups (broad SMARTS) is 1. The van der Waals surface area contributed by atoms with Crippen LogP contribution in [0.4, 0.5) is 0 Å². The number of Topliss-reactive ketones (excluding diaryl/α,β-unsaturated/α-hetero) is 1. The number of hydrogen-bond donors (Lipinski definition) is 4. The third kappa shape index (κ3) is 7.15. The van der Waals surface area contributed by atoms with E-state index < -0.39 is 24.1 Å². The lowest BCUT2D eigenvalue weighted by Crippen LogP contribution is -2.51. The molecule has 1 fully saturated rings. The normalized spacial score (nSPS) is 17.7. The van der Waals surface area contributed by atoms with Crippen LogP contribution < -0.4 is 16.4 Å². The van der Waals surface area contributed by atoms with Gasteiger partial charge in [-0.1, -0.05) is 18.2 Å². The fourth-order valence-electron chi connectivity index (χ4n) is 3.64. The highest BCUT2D eigenvalue weighted by Gasteiger charge is 2.36. The summed E-state index contributed by atoms with van der Waals surface area (Å²) in [5, 5.41) is 14.9. The van der Waals surface area contributed by atoms with Crippen molar-refractivity contribution < 1.29 is 24.3 Å². The van der Waals surface area contributed by atoms with Gasteiger partial charge in [0.25, 0.3) is 5.91 Å². The summed E-state index contributed by atoms with van der Waals surface area (Å²) in [4.78, 5) is 50.6. The smallest absolute Gasteiger partial charge is 0.326 e. The fraction of sp³-hybridized carbons (Fsp3) is 0.545. The molecule has 0 aromatic heterocycles. The van der Waals surface area contributed by atoms with Crippen LogP contribution in [0.2, 0.25) is 0 Å². The Bertz CT molecular complexity index is 770. The maximum atomic E-state index is 12.8. The van der Waals surface area contributed by atoms with E-state index in [4.69, 9.17) is 5.73 Å². The van der Waals surface area contributed by atoms with Gasteiger partial charge in [-0.25, -0.2) is 4.79 Å². The maximum absolute atomic E-state index is 12.8. The molecule has 0 saturated carbocycles. The number of nitrogens with zero attached hydrogens (tertiary/aromatic N) is 1. The fourth-order valence-corrected chi connectivity index (χ4v) is 3.64. The lowest BCUT2D eigenvalue weighted by atomic mass is 10.0. The van der Waals surface area contributed by atoms with Crippen LogP contribution in [0.25, 0.3) is 0 Å². The van der Waals surface area contributed by atoms with Crippen molar-refractivity contribution in [2.75, 3.05) is 19.6 Å². The average molecular weight is 433 g/mol. The van der Waals surface area contributed by atoms with E-state index in [-0.39, 0.29) is 24.1 Å². The van der Waals surface area contributed by atoms with E-state index in [1.54, 1.807) is 37.3 Å². The van der Waals surface area contributed by atoms with Gasteiger partial charge in [-0.2, -0.15) is 0 Å². The van der Waals surface area contributed by atoms with Gasteiger partial charge in [-0.15, -0.1) is 0 Å². The number of nitrogens with one attached hydrogen (secondary N) is 2. The Kier molecular flexibility index (Phi) is 9.61. The number of carbonyl (C=O) groups is 4. The minimum Gasteiger partial charge on any atom is -0.480 e. The third-order valence-corrected chi connectivity index (χ3v) is 5.45. The van der Waals surface area contributed by atoms with Crippen molar-refractivity contribution in [1.82, 2.24) is 15.5 Å². The molecule has 9 nitrogen and oxygen atoms in total. The number of hydrogen-bond acceptors (Lipinski definition) is 6. The van der Waals surface area contributed by atoms with Gasteiger partial charge >= 0.3 is 5.97 Å². The molecule has 1 aromatic rings. The molecule has 5 N–H and O–H groups in total. The molecule has 9 heteroatoms. The van der Waals surface area contributed by atoms with E-state index in [9.17, 15) is 24.3 Å². The van der Waals surface area contributed by atoms with Gasteiger partial charge < -0.3 is 21.1 Å². The predicted octanol–water partition coefficient (Wildman–Crippen LogP) is 0.537. The third-order valence-electron chi connectivity index (χ3n) is 5.45. The van der Waals surface area contributed by atoms with Crippen LogP contribution in [0.1, 0.15) is 49.4 Å². The Morgan fingerprint density at radius 2 is 1.90 bits per heavy atom. The first-order chi connectivity index (χ1) is 14.8. The summed E-state index contributed by atoms with van der Waals surface area (Å²) in [7, 11) is 0. The molecule has 0 bridgehead atoms. The molecule has 3 atom stereocenters. The number of likely N-dealkylation sites (tertiary alicyclic amines) is 1. The number of carboxylic acids is 1. The van der Waals surface area contributed by atoms with Gasteiger partial charge in [0, 0.05) is 12.1 Å². The van der Waals surface area contributed by atoms with Gasteiger partial charge in [0.1, 0.15) is 6.04 Å². The summed E-state index contributed by atoms with van der Waals surface area (Å²) in [6.45, 7) is 2.39. The lowest BCUT2D eigenvalue weighted by Gasteiger charge is -2.26. The molecule has 2 rings (SSSR count). The summed E-state index contributed by atoms with van der Waals surface area (Å²) in [5.41, 5.74) is 6.00. The van der Waals surface area contributed by atoms with Gasteiger partial charge in [-0.3, -0.25) is 19.7 Å². The zero-order valence-corrected chi connectivity index (χ0v) is 17.9. The predicted molar refractivity (Wildman–Crippen MR) is 115 cm³/mol. The molecule has 31 heavy (non-hydrogen) atoms. The van der Waals surface area contributed by atoms with Crippen molar-refractivity contribution in [2.24, 2.45) is 5.73 Å². The molecule has 1 unspecified atom stereocenters. The Morgan fingerprint density at radius 1 is 1.19 bits per heavy atom. The van der Waals surface area contributed by atoms with Crippen LogP contribution in [0, 0.1) is 0 Å². The maximum Gasteiger partial charge on any atom is 0.326 e. The summed E-state index contributed by atoms with van der Waals surface area (Å²) in [5.74, 6) is -1.93. The first-order valence-corrected chi connectivity index (χ1v) is 10.7. The zero-order valence-electron chi connectivity index (χ0n) is 17.9. The van der Waals surface area contributed by atoms with Gasteiger partial charge in [0.05, 0.1) is 18.6 Å². The average Bonchev–Trinajstić information content (AvgIpc) is 3.27. The number of amides is 2. The van der Waals surface area contributed by atoms with E-state index >= 15 is 0 Å². The second kappa shape index (κ2) is 12.2. The summed E-state index contributed by atoms with van der Waals surface area (Å²) in [6, 6.07) is 6.41. The Morgan fingerprint density at radius 3 is 2.55 bits per heavy atom. The molecular weight excluding hydrogens is 400 g/mol. The van der Waals surface area contributed by atoms with Crippen molar-refractivity contribution >= 4 is 23.6 Å². The quantitative estimate of drug-likeness (QED) is 0.353. The second-order valence-corrected chi connectivity index (χ2v) is 7.77. The van der Waals surface area contributed by atoms with E-state index in [0.717, 1.165) is 6.42 Å². The summed E-state index contributed by atoms with van der Waals surface area (Å²) >= 11 is 0. The van der Waals surface area contributed by atoms with Gasteiger partial charge in [0.15, 0.2) is 5.78 Å². The highest BCUT2D eigenvalue weighted by Crippen LogP contribution is 2.18. The van der Waals surface area contributed by atoms with E-state index in [1.165, 1.54) is 4.90 Å². The first-order valence-electron chi connectivity index (χ1n) is 10.7. The van der Waals surface area contributed by atoms with Crippen molar-refractivity contribution in [3.63, 3.8) is 0 Å². The van der Waals surface area contributed by atoms with E-state index in [0.29, 0.717) is 44.3 Å². The SMILES string of the molecule is C[C@H](NCC(=O)C(CCCCN)NC(=O)c1ccccc1)C(=O)N1CCC[C@H]1C(=O)O. The molecule has 0 spiro atoms. The van der Waals surface area contributed by atoms with Gasteiger partial charge in [-0.05, 0) is 57.7 Å². The number of aliphatic carboxylic acids is 1. The number of nitrogens with two attached hydrogens (primary N) is 1. The van der Waals surface area contributed by atoms with Crippen LogP contribution in [0.3, 0.4) is 0 Å². The summed E-state index contributed by atoms with van der Waals surface area (Å²) < 4.78 is 0. The molecular formula is C22H32N4O5. The zero-order chi connectivity index (χ0) is 22.8. The second-order valence-electron chi connectivity index (χ2n) is 7.77. The molecule has 1 saturated heterocycles. The Labute approximate surface area is 182 Å². The monoisotopic (exact) mass is 432 g/mol. The molecule has 1 aliphatic heterocycles. The van der Waals surface area contributed by atoms with Crippen molar-refractivity contribution in [1.29, 1.82) is 0 Å². The number of ketones is 1. The first kappa shape index (κ1) is 24.5. The minimum absolute atomic E-state index is 0.110. The molecule has 0 aliphatic carbocycles. The van der Waals surface area contributed by atoms with Crippen LogP contribution >= 0.6 is 0 Å². The topological polar surface area (TPSA) is 142 Å². The molecule has 1 heterocycles. The number of unbranched alkanes of at least 4 members (excludes halogenated alkanes) is 1. The van der Waals surface area contributed by atoms with E-state index in [1.807, 2.05) is 0 Å². The molecule has 2 amide bonds. The van der Waals surface area contributed by atoms with Crippen molar-refractivity contribution in [2.45, 2.75) is 57.2 Å². The minimum atomic E-state index is -1.02. The lowest BCUT2D eigenvalue weighted by molar-refractivity contribution is -0.148. The Balaban J connectivity index is 1.94. The standard InChI is InChI=1S/C22H32N4O5/c1-15(21(29)26-13-7-11-18(26)22(30)31)24-14-19(27)17(10-5-6-12-23)25-20(28)16-8-3-2-4-9-16/h2-4,8-9,15,17-18,24H,5-7,10-14,23H2,1H3,(H,25,28)(H,30,31)/t15-,17?,18-/m0/s1. The number of benzene rings is 1. The molecule has 170 valence electrons. The number of rotatable bonds is 12. The molecule has 0 radical (unpaired) electrons. The van der Waals surface area contributed by atoms with Crippen LogP contribution in [0.15, 0.2) is 30.3 Å². The van der Waals surface area contributed by atoms with Crippen LogP contribution in [-0.4, -0.2) is 71.3 Å².